The third kappa shape index (κ3) is 4.67. The van der Waals surface area contributed by atoms with Crippen molar-refractivity contribution in [3.63, 3.8) is 0 Å². The van der Waals surface area contributed by atoms with Gasteiger partial charge in [-0.2, -0.15) is 4.31 Å². The fraction of sp³-hybridized carbons (Fsp3) is 0.391. The van der Waals surface area contributed by atoms with E-state index in [1.54, 1.807) is 19.1 Å². The molecular formula is C23H27NO8S. The molecule has 0 bridgehead atoms. The number of sulfonamides is 1. The lowest BCUT2D eigenvalue weighted by Gasteiger charge is -2.36. The second-order valence-electron chi connectivity index (χ2n) is 7.54. The molecule has 2 aromatic carbocycles. The van der Waals surface area contributed by atoms with Crippen LogP contribution in [0.15, 0.2) is 35.2 Å². The highest BCUT2D eigenvalue weighted by atomic mass is 32.2. The normalized spacial score (nSPS) is 16.0. The molecule has 0 amide bonds. The number of aryl methyl sites for hydroxylation is 1. The van der Waals surface area contributed by atoms with Crippen molar-refractivity contribution in [2.24, 2.45) is 0 Å². The van der Waals surface area contributed by atoms with Crippen molar-refractivity contribution in [2.45, 2.75) is 30.7 Å². The summed E-state index contributed by atoms with van der Waals surface area (Å²) in [5.74, 6) is -0.137. The first-order valence-corrected chi connectivity index (χ1v) is 11.6. The van der Waals surface area contributed by atoms with Crippen LogP contribution in [0.3, 0.4) is 0 Å². The van der Waals surface area contributed by atoms with Crippen molar-refractivity contribution in [2.75, 3.05) is 35.0 Å². The highest BCUT2D eigenvalue weighted by Crippen LogP contribution is 2.42. The fourth-order valence-corrected chi connectivity index (χ4v) is 5.87. The van der Waals surface area contributed by atoms with Gasteiger partial charge in [0, 0.05) is 6.54 Å². The monoisotopic (exact) mass is 477 g/mol. The standard InChI is InChI=1S/C23H27NO8S/c1-14-10-16(23(26)32-5)6-7-21(14)33(27,28)24-9-8-15-11-19(29-2)20(30-3)12-17(15)18(24)13-22(25)31-4/h6-7,10-12,18H,8-9,13H2,1-5H3. The molecule has 0 aromatic heterocycles. The minimum absolute atomic E-state index is 0.0499. The minimum atomic E-state index is -4.02. The van der Waals surface area contributed by atoms with Gasteiger partial charge in [-0.3, -0.25) is 4.79 Å². The summed E-state index contributed by atoms with van der Waals surface area (Å²) in [7, 11) is 1.51. The SMILES string of the molecule is COC(=O)CC1c2cc(OC)c(OC)cc2CCN1S(=O)(=O)c1ccc(C(=O)OC)cc1C. The number of methoxy groups -OCH3 is 4. The van der Waals surface area contributed by atoms with Crippen LogP contribution in [0.25, 0.3) is 0 Å². The van der Waals surface area contributed by atoms with Crippen LogP contribution in [0.2, 0.25) is 0 Å². The summed E-state index contributed by atoms with van der Waals surface area (Å²) in [4.78, 5) is 24.1. The lowest BCUT2D eigenvalue weighted by atomic mass is 9.91. The van der Waals surface area contributed by atoms with E-state index in [-0.39, 0.29) is 23.4 Å². The summed E-state index contributed by atoms with van der Waals surface area (Å²) in [6.45, 7) is 1.77. The van der Waals surface area contributed by atoms with Crippen LogP contribution in [0.1, 0.15) is 39.5 Å². The maximum atomic E-state index is 13.7. The third-order valence-corrected chi connectivity index (χ3v) is 7.79. The number of benzene rings is 2. The summed E-state index contributed by atoms with van der Waals surface area (Å²) in [5, 5.41) is 0. The first kappa shape index (κ1) is 24.5. The third-order valence-electron chi connectivity index (χ3n) is 5.72. The van der Waals surface area contributed by atoms with Gasteiger partial charge in [0.2, 0.25) is 10.0 Å². The van der Waals surface area contributed by atoms with E-state index < -0.39 is 28.0 Å². The quantitative estimate of drug-likeness (QED) is 0.560. The van der Waals surface area contributed by atoms with Crippen LogP contribution >= 0.6 is 0 Å². The first-order valence-electron chi connectivity index (χ1n) is 10.2. The molecule has 0 radical (unpaired) electrons. The molecular weight excluding hydrogens is 450 g/mol. The van der Waals surface area contributed by atoms with Crippen molar-refractivity contribution >= 4 is 22.0 Å². The Balaban J connectivity index is 2.11. The number of rotatable bonds is 7. The predicted octanol–water partition coefficient (Wildman–Crippen LogP) is 2.65. The largest absolute Gasteiger partial charge is 0.493 e. The Morgan fingerprint density at radius 1 is 1.00 bits per heavy atom. The Morgan fingerprint density at radius 2 is 1.67 bits per heavy atom. The van der Waals surface area contributed by atoms with Gasteiger partial charge in [-0.1, -0.05) is 0 Å². The van der Waals surface area contributed by atoms with E-state index >= 15 is 0 Å². The molecule has 9 nitrogen and oxygen atoms in total. The van der Waals surface area contributed by atoms with E-state index in [9.17, 15) is 18.0 Å². The van der Waals surface area contributed by atoms with Gasteiger partial charge >= 0.3 is 11.9 Å². The summed E-state index contributed by atoms with van der Waals surface area (Å²) in [6, 6.07) is 6.98. The van der Waals surface area contributed by atoms with Gasteiger partial charge in [0.1, 0.15) is 0 Å². The molecule has 1 heterocycles. The maximum Gasteiger partial charge on any atom is 0.337 e. The van der Waals surface area contributed by atoms with Gasteiger partial charge in [-0.15, -0.1) is 0 Å². The molecule has 1 aliphatic rings. The lowest BCUT2D eigenvalue weighted by molar-refractivity contribution is -0.141. The zero-order valence-electron chi connectivity index (χ0n) is 19.2. The fourth-order valence-electron chi connectivity index (χ4n) is 4.06. The molecule has 10 heteroatoms. The average Bonchev–Trinajstić information content (AvgIpc) is 2.82. The molecule has 0 fully saturated rings. The van der Waals surface area contributed by atoms with Crippen LogP contribution in [0.5, 0.6) is 11.5 Å². The van der Waals surface area contributed by atoms with Crippen molar-refractivity contribution in [3.05, 3.63) is 52.6 Å². The van der Waals surface area contributed by atoms with Gasteiger partial charge in [0.25, 0.3) is 0 Å². The molecule has 1 aliphatic heterocycles. The second-order valence-corrected chi connectivity index (χ2v) is 9.40. The summed E-state index contributed by atoms with van der Waals surface area (Å²) in [5.41, 5.74) is 2.16. The predicted molar refractivity (Wildman–Crippen MR) is 119 cm³/mol. The number of esters is 2. The Kier molecular flexibility index (Phi) is 7.28. The number of carbonyl (C=O) groups is 2. The molecule has 1 unspecified atom stereocenters. The Bertz CT molecular complexity index is 1180. The number of fused-ring (bicyclic) bond motifs is 1. The van der Waals surface area contributed by atoms with Gasteiger partial charge in [0.15, 0.2) is 11.5 Å². The first-order chi connectivity index (χ1) is 15.7. The van der Waals surface area contributed by atoms with E-state index in [1.807, 2.05) is 0 Å². The van der Waals surface area contributed by atoms with Gasteiger partial charge < -0.3 is 18.9 Å². The van der Waals surface area contributed by atoms with Crippen molar-refractivity contribution < 1.29 is 37.0 Å². The molecule has 178 valence electrons. The second kappa shape index (κ2) is 9.80. The molecule has 2 aromatic rings. The Morgan fingerprint density at radius 3 is 2.24 bits per heavy atom. The Hall–Kier alpha value is -3.11. The van der Waals surface area contributed by atoms with Crippen LogP contribution in [0, 0.1) is 6.92 Å². The lowest BCUT2D eigenvalue weighted by Crippen LogP contribution is -2.41. The number of nitrogens with zero attached hydrogens (tertiary/aromatic N) is 1. The number of hydrogen-bond donors (Lipinski definition) is 0. The topological polar surface area (TPSA) is 108 Å². The van der Waals surface area contributed by atoms with Crippen molar-refractivity contribution in [1.29, 1.82) is 0 Å². The number of carbonyl (C=O) groups excluding carboxylic acids is 2. The van der Waals surface area contributed by atoms with Crippen molar-refractivity contribution in [3.8, 4) is 11.5 Å². The number of hydrogen-bond acceptors (Lipinski definition) is 8. The van der Waals surface area contributed by atoms with Crippen LogP contribution in [-0.4, -0.2) is 59.6 Å². The smallest absolute Gasteiger partial charge is 0.337 e. The zero-order chi connectivity index (χ0) is 24.3. The molecule has 0 saturated carbocycles. The molecule has 0 N–H and O–H groups in total. The molecule has 0 spiro atoms. The molecule has 3 rings (SSSR count). The highest BCUT2D eigenvalue weighted by molar-refractivity contribution is 7.89. The van der Waals surface area contributed by atoms with E-state index in [0.29, 0.717) is 29.0 Å². The van der Waals surface area contributed by atoms with E-state index in [4.69, 9.17) is 18.9 Å². The van der Waals surface area contributed by atoms with Gasteiger partial charge in [-0.05, 0) is 60.4 Å². The van der Waals surface area contributed by atoms with E-state index in [1.165, 1.54) is 50.9 Å². The summed E-state index contributed by atoms with van der Waals surface area (Å²) < 4.78 is 49.1. The average molecular weight is 478 g/mol. The Labute approximate surface area is 193 Å². The van der Waals surface area contributed by atoms with Crippen LogP contribution in [-0.2, 0) is 30.7 Å². The highest BCUT2D eigenvalue weighted by Gasteiger charge is 2.39. The van der Waals surface area contributed by atoms with Crippen molar-refractivity contribution in [1.82, 2.24) is 4.31 Å². The van der Waals surface area contributed by atoms with E-state index in [0.717, 1.165) is 5.56 Å². The minimum Gasteiger partial charge on any atom is -0.493 e. The molecule has 0 saturated heterocycles. The number of ether oxygens (including phenoxy) is 4. The zero-order valence-corrected chi connectivity index (χ0v) is 20.0. The van der Waals surface area contributed by atoms with Crippen LogP contribution < -0.4 is 9.47 Å². The van der Waals surface area contributed by atoms with Gasteiger partial charge in [-0.25, -0.2) is 13.2 Å². The molecule has 1 atom stereocenters. The molecule has 33 heavy (non-hydrogen) atoms. The summed E-state index contributed by atoms with van der Waals surface area (Å²) in [6.07, 6.45) is 0.253. The van der Waals surface area contributed by atoms with E-state index in [2.05, 4.69) is 0 Å². The van der Waals surface area contributed by atoms with Gasteiger partial charge in [0.05, 0.1) is 51.4 Å². The van der Waals surface area contributed by atoms with Crippen LogP contribution in [0.4, 0.5) is 0 Å². The summed E-state index contributed by atoms with van der Waals surface area (Å²) >= 11 is 0. The molecule has 0 aliphatic carbocycles. The maximum absolute atomic E-state index is 13.7.